The molecule has 0 aliphatic rings. The first-order valence-electron chi connectivity index (χ1n) is 3.98. The summed E-state index contributed by atoms with van der Waals surface area (Å²) in [6.45, 7) is 0. The molecule has 3 nitrogen and oxygen atoms in total. The fourth-order valence-corrected chi connectivity index (χ4v) is 2.30. The molecule has 0 fully saturated rings. The van der Waals surface area contributed by atoms with Crippen molar-refractivity contribution in [3.05, 3.63) is 28.7 Å². The third-order valence-corrected chi connectivity index (χ3v) is 3.37. The highest BCUT2D eigenvalue weighted by Crippen LogP contribution is 2.22. The van der Waals surface area contributed by atoms with Gasteiger partial charge in [-0.25, -0.2) is 0 Å². The Morgan fingerprint density at radius 2 is 2.07 bits per heavy atom. The first-order valence-corrected chi connectivity index (χ1v) is 5.88. The predicted molar refractivity (Wildman–Crippen MR) is 62.7 cm³/mol. The van der Waals surface area contributed by atoms with E-state index >= 15 is 0 Å². The lowest BCUT2D eigenvalue weighted by Crippen LogP contribution is -2.10. The monoisotopic (exact) mass is 274 g/mol. The Morgan fingerprint density at radius 1 is 1.43 bits per heavy atom. The van der Waals surface area contributed by atoms with Gasteiger partial charge in [0, 0.05) is 14.1 Å². The van der Waals surface area contributed by atoms with Gasteiger partial charge in [0.25, 0.3) is 0 Å². The maximum atomic E-state index is 11.6. The fourth-order valence-electron chi connectivity index (χ4n) is 0.780. The first kappa shape index (κ1) is 11.6. The summed E-state index contributed by atoms with van der Waals surface area (Å²) in [6.07, 6.45) is 1.54. The summed E-state index contributed by atoms with van der Waals surface area (Å²) >= 11 is 1.99. The summed E-state index contributed by atoms with van der Waals surface area (Å²) in [7, 11) is 3.67. The topological polar surface area (TPSA) is 38.7 Å². The largest absolute Gasteiger partial charge is 0.586 e. The molecule has 5 heteroatoms. The van der Waals surface area contributed by atoms with Crippen LogP contribution in [0.1, 0.15) is 0 Å². The van der Waals surface area contributed by atoms with E-state index in [1.165, 1.54) is 6.34 Å². The van der Waals surface area contributed by atoms with E-state index in [4.69, 9.17) is 0 Å². The van der Waals surface area contributed by atoms with Crippen molar-refractivity contribution >= 4 is 33.6 Å². The second-order valence-corrected chi connectivity index (χ2v) is 4.87. The van der Waals surface area contributed by atoms with Crippen molar-refractivity contribution in [2.45, 2.75) is 4.90 Å². The van der Waals surface area contributed by atoms with Crippen molar-refractivity contribution in [2.24, 2.45) is 4.40 Å². The molecule has 1 aromatic carbocycles. The SMILES string of the molecule is CN(C)/C=N/[S+]([O-])c1ccccc1Br. The number of hydrogen-bond acceptors (Lipinski definition) is 2. The van der Waals surface area contributed by atoms with Crippen molar-refractivity contribution in [3.63, 3.8) is 0 Å². The van der Waals surface area contributed by atoms with Crippen LogP contribution in [-0.2, 0) is 11.4 Å². The highest BCUT2D eigenvalue weighted by atomic mass is 79.9. The summed E-state index contributed by atoms with van der Waals surface area (Å²) in [5, 5.41) is 0. The smallest absolute Gasteiger partial charge is 0.196 e. The van der Waals surface area contributed by atoms with E-state index < -0.39 is 11.4 Å². The molecular weight excluding hydrogens is 264 g/mol. The highest BCUT2D eigenvalue weighted by Gasteiger charge is 2.12. The van der Waals surface area contributed by atoms with Crippen LogP contribution in [0.2, 0.25) is 0 Å². The summed E-state index contributed by atoms with van der Waals surface area (Å²) in [4.78, 5) is 2.43. The molecule has 0 heterocycles. The molecule has 1 rings (SSSR count). The number of rotatable bonds is 3. The van der Waals surface area contributed by atoms with E-state index in [1.807, 2.05) is 32.3 Å². The third kappa shape index (κ3) is 3.32. The van der Waals surface area contributed by atoms with Crippen LogP contribution in [0.15, 0.2) is 38.0 Å². The predicted octanol–water partition coefficient (Wildman–Crippen LogP) is 2.06. The van der Waals surface area contributed by atoms with Gasteiger partial charge in [-0.05, 0) is 32.5 Å². The number of benzene rings is 1. The lowest BCUT2D eigenvalue weighted by atomic mass is 10.4. The maximum Gasteiger partial charge on any atom is 0.196 e. The molecule has 1 aromatic rings. The van der Waals surface area contributed by atoms with Crippen LogP contribution in [0.3, 0.4) is 0 Å². The molecule has 0 radical (unpaired) electrons. The molecular formula is C9H11BrN2OS. The summed E-state index contributed by atoms with van der Waals surface area (Å²) in [5.74, 6) is 0. The zero-order chi connectivity index (χ0) is 10.6. The lowest BCUT2D eigenvalue weighted by Gasteiger charge is -2.06. The van der Waals surface area contributed by atoms with E-state index in [2.05, 4.69) is 20.3 Å². The van der Waals surface area contributed by atoms with Crippen LogP contribution < -0.4 is 0 Å². The Bertz CT molecular complexity index is 330. The minimum atomic E-state index is -1.33. The van der Waals surface area contributed by atoms with Crippen LogP contribution in [0.5, 0.6) is 0 Å². The van der Waals surface area contributed by atoms with Crippen molar-refractivity contribution in [2.75, 3.05) is 14.1 Å². The average molecular weight is 275 g/mol. The standard InChI is InChI=1S/C9H11BrN2OS/c1-12(2)7-11-14(13)9-6-4-3-5-8(9)10/h3-7H,1-2H3/b11-7+. The first-order chi connectivity index (χ1) is 6.61. The van der Waals surface area contributed by atoms with E-state index in [9.17, 15) is 4.55 Å². The van der Waals surface area contributed by atoms with Crippen molar-refractivity contribution in [1.82, 2.24) is 4.90 Å². The minimum Gasteiger partial charge on any atom is -0.586 e. The van der Waals surface area contributed by atoms with Gasteiger partial charge >= 0.3 is 0 Å². The number of nitrogens with zero attached hydrogens (tertiary/aromatic N) is 2. The molecule has 0 aromatic heterocycles. The number of hydrogen-bond donors (Lipinski definition) is 0. The Labute approximate surface area is 95.3 Å². The molecule has 0 aliphatic carbocycles. The average Bonchev–Trinajstić information content (AvgIpc) is 2.15. The van der Waals surface area contributed by atoms with Gasteiger partial charge in [-0.1, -0.05) is 12.1 Å². The molecule has 1 unspecified atom stereocenters. The van der Waals surface area contributed by atoms with Crippen LogP contribution in [0.4, 0.5) is 0 Å². The molecule has 1 atom stereocenters. The van der Waals surface area contributed by atoms with Crippen molar-refractivity contribution in [1.29, 1.82) is 0 Å². The summed E-state index contributed by atoms with van der Waals surface area (Å²) in [6, 6.07) is 7.34. The normalized spacial score (nSPS) is 13.1. The van der Waals surface area contributed by atoms with E-state index in [0.29, 0.717) is 4.90 Å². The second kappa shape index (κ2) is 5.38. The summed E-state index contributed by atoms with van der Waals surface area (Å²) in [5.41, 5.74) is 0. The number of halogens is 1. The molecule has 0 N–H and O–H groups in total. The van der Waals surface area contributed by atoms with Crippen LogP contribution in [0.25, 0.3) is 0 Å². The van der Waals surface area contributed by atoms with E-state index in [0.717, 1.165) is 4.47 Å². The Morgan fingerprint density at radius 3 is 2.64 bits per heavy atom. The fraction of sp³-hybridized carbons (Fsp3) is 0.222. The van der Waals surface area contributed by atoms with E-state index in [-0.39, 0.29) is 0 Å². The zero-order valence-electron chi connectivity index (χ0n) is 7.98. The summed E-state index contributed by atoms with van der Waals surface area (Å²) < 4.78 is 16.3. The Balaban J connectivity index is 2.79. The second-order valence-electron chi connectivity index (χ2n) is 2.86. The van der Waals surface area contributed by atoms with Gasteiger partial charge in [0.15, 0.2) is 4.90 Å². The quantitative estimate of drug-likeness (QED) is 0.481. The highest BCUT2D eigenvalue weighted by molar-refractivity contribution is 9.10. The molecule has 0 aliphatic heterocycles. The Kier molecular flexibility index (Phi) is 4.44. The molecule has 14 heavy (non-hydrogen) atoms. The zero-order valence-corrected chi connectivity index (χ0v) is 10.4. The van der Waals surface area contributed by atoms with Gasteiger partial charge in [-0.15, -0.1) is 0 Å². The van der Waals surface area contributed by atoms with Gasteiger partial charge in [-0.3, -0.25) is 0 Å². The maximum absolute atomic E-state index is 11.6. The van der Waals surface area contributed by atoms with Gasteiger partial charge < -0.3 is 9.45 Å². The Hall–Kier alpha value is -0.520. The van der Waals surface area contributed by atoms with Crippen LogP contribution >= 0.6 is 15.9 Å². The molecule has 0 spiro atoms. The van der Waals surface area contributed by atoms with Gasteiger partial charge in [0.2, 0.25) is 0 Å². The molecule has 0 amide bonds. The van der Waals surface area contributed by atoms with Crippen LogP contribution in [0, 0.1) is 0 Å². The van der Waals surface area contributed by atoms with E-state index in [1.54, 1.807) is 11.0 Å². The van der Waals surface area contributed by atoms with Crippen LogP contribution in [-0.4, -0.2) is 29.9 Å². The molecule has 0 saturated heterocycles. The van der Waals surface area contributed by atoms with Crippen molar-refractivity contribution in [3.8, 4) is 0 Å². The van der Waals surface area contributed by atoms with Gasteiger partial charge in [-0.2, -0.15) is 0 Å². The molecule has 76 valence electrons. The molecule has 0 saturated carbocycles. The third-order valence-electron chi connectivity index (χ3n) is 1.40. The molecule has 0 bridgehead atoms. The van der Waals surface area contributed by atoms with Crippen molar-refractivity contribution < 1.29 is 4.55 Å². The minimum absolute atomic E-state index is 0.686. The lowest BCUT2D eigenvalue weighted by molar-refractivity contribution is 0.593. The van der Waals surface area contributed by atoms with Gasteiger partial charge in [0.05, 0.1) is 4.47 Å². The van der Waals surface area contributed by atoms with Gasteiger partial charge in [0.1, 0.15) is 17.7 Å².